The van der Waals surface area contributed by atoms with Crippen molar-refractivity contribution in [3.8, 4) is 17.3 Å². The minimum absolute atomic E-state index is 0.0797. The third-order valence-corrected chi connectivity index (χ3v) is 5.26. The second-order valence-electron chi connectivity index (χ2n) is 6.57. The number of fused-ring (bicyclic) bond motifs is 1. The molecule has 0 radical (unpaired) electrons. The molecule has 2 aromatic carbocycles. The van der Waals surface area contributed by atoms with Crippen LogP contribution in [-0.4, -0.2) is 27.6 Å². The molecule has 8 heteroatoms. The molecule has 0 aliphatic rings. The molecule has 0 saturated heterocycles. The van der Waals surface area contributed by atoms with Crippen LogP contribution in [-0.2, 0) is 11.3 Å². The monoisotopic (exact) mass is 410 g/mol. The van der Waals surface area contributed by atoms with Crippen LogP contribution in [0.15, 0.2) is 53.4 Å². The van der Waals surface area contributed by atoms with Gasteiger partial charge in [-0.2, -0.15) is 0 Å². The van der Waals surface area contributed by atoms with Crippen molar-refractivity contribution in [1.29, 1.82) is 0 Å². The first kappa shape index (κ1) is 19.1. The maximum Gasteiger partial charge on any atom is 0.240 e. The van der Waals surface area contributed by atoms with Crippen LogP contribution < -0.4 is 10.1 Å². The Balaban J connectivity index is 1.58. The Kier molecular flexibility index (Phi) is 5.26. The van der Waals surface area contributed by atoms with Crippen molar-refractivity contribution in [2.45, 2.75) is 19.5 Å². The normalized spacial score (nSPS) is 12.1. The van der Waals surface area contributed by atoms with E-state index in [2.05, 4.69) is 15.3 Å². The summed E-state index contributed by atoms with van der Waals surface area (Å²) in [6.45, 7) is 1.89. The molecule has 1 N–H and O–H groups in total. The number of carbonyl (C=O) groups is 1. The van der Waals surface area contributed by atoms with Crippen LogP contribution >= 0.6 is 11.3 Å². The van der Waals surface area contributed by atoms with Crippen LogP contribution in [0, 0.1) is 5.82 Å². The number of thiazole rings is 1. The van der Waals surface area contributed by atoms with Gasteiger partial charge >= 0.3 is 0 Å². The van der Waals surface area contributed by atoms with Crippen LogP contribution in [0.1, 0.15) is 18.5 Å². The summed E-state index contributed by atoms with van der Waals surface area (Å²) in [7, 11) is 1.42. The molecular formula is C21H19FN4O2S. The predicted octanol–water partition coefficient (Wildman–Crippen LogP) is 4.18. The van der Waals surface area contributed by atoms with Crippen molar-refractivity contribution in [3.63, 3.8) is 0 Å². The van der Waals surface area contributed by atoms with E-state index in [0.717, 1.165) is 16.7 Å². The van der Waals surface area contributed by atoms with Crippen LogP contribution in [0.3, 0.4) is 0 Å². The van der Waals surface area contributed by atoms with Crippen LogP contribution in [0.4, 0.5) is 4.39 Å². The maximum absolute atomic E-state index is 14.0. The zero-order valence-corrected chi connectivity index (χ0v) is 16.7. The Labute approximate surface area is 171 Å². The molecule has 4 rings (SSSR count). The number of halogens is 1. The molecule has 1 unspecified atom stereocenters. The van der Waals surface area contributed by atoms with Crippen molar-refractivity contribution < 1.29 is 13.9 Å². The lowest BCUT2D eigenvalue weighted by Gasteiger charge is -2.16. The molecule has 4 aromatic rings. The zero-order valence-electron chi connectivity index (χ0n) is 15.9. The number of benzene rings is 2. The number of nitrogens with zero attached hydrogens (tertiary/aromatic N) is 3. The first-order chi connectivity index (χ1) is 14.1. The fourth-order valence-corrected chi connectivity index (χ4v) is 3.75. The summed E-state index contributed by atoms with van der Waals surface area (Å²) in [5, 5.41) is 4.82. The average Bonchev–Trinajstić information content (AvgIpc) is 3.36. The van der Waals surface area contributed by atoms with E-state index in [-0.39, 0.29) is 24.2 Å². The molecule has 0 bridgehead atoms. The molecule has 0 aliphatic heterocycles. The first-order valence-electron chi connectivity index (χ1n) is 9.03. The summed E-state index contributed by atoms with van der Waals surface area (Å²) in [4.78, 5) is 21.7. The zero-order chi connectivity index (χ0) is 20.4. The molecule has 2 aromatic heterocycles. The SMILES string of the molecule is COc1ccc(C(C)NC(=O)Cn2c(-c3cscn3)nc3ccccc32)cc1F. The number of methoxy groups -OCH3 is 1. The van der Waals surface area contributed by atoms with Crippen LogP contribution in [0.5, 0.6) is 5.75 Å². The van der Waals surface area contributed by atoms with Crippen LogP contribution in [0.2, 0.25) is 0 Å². The van der Waals surface area contributed by atoms with Gasteiger partial charge in [-0.25, -0.2) is 14.4 Å². The number of ether oxygens (including phenoxy) is 1. The van der Waals surface area contributed by atoms with Gasteiger partial charge in [0.15, 0.2) is 17.4 Å². The number of aromatic nitrogens is 3. The van der Waals surface area contributed by atoms with Crippen molar-refractivity contribution in [1.82, 2.24) is 19.9 Å². The van der Waals surface area contributed by atoms with E-state index < -0.39 is 5.82 Å². The Hall–Kier alpha value is -3.26. The summed E-state index contributed by atoms with van der Waals surface area (Å²) in [5.74, 6) is 0.154. The van der Waals surface area contributed by atoms with E-state index in [9.17, 15) is 9.18 Å². The number of hydrogen-bond acceptors (Lipinski definition) is 5. The van der Waals surface area contributed by atoms with Gasteiger partial charge in [0.25, 0.3) is 0 Å². The van der Waals surface area contributed by atoms with Gasteiger partial charge in [-0.05, 0) is 36.8 Å². The topological polar surface area (TPSA) is 69.0 Å². The lowest BCUT2D eigenvalue weighted by Crippen LogP contribution is -2.30. The molecule has 0 spiro atoms. The highest BCUT2D eigenvalue weighted by atomic mass is 32.1. The van der Waals surface area contributed by atoms with Gasteiger partial charge in [-0.15, -0.1) is 11.3 Å². The highest BCUT2D eigenvalue weighted by Gasteiger charge is 2.18. The molecule has 0 aliphatic carbocycles. The quantitative estimate of drug-likeness (QED) is 0.518. The molecule has 148 valence electrons. The number of hydrogen-bond donors (Lipinski definition) is 1. The minimum atomic E-state index is -0.461. The largest absolute Gasteiger partial charge is 0.494 e. The Bertz CT molecular complexity index is 1160. The summed E-state index contributed by atoms with van der Waals surface area (Å²) >= 11 is 1.47. The highest BCUT2D eigenvalue weighted by molar-refractivity contribution is 7.07. The third-order valence-electron chi connectivity index (χ3n) is 4.67. The fraction of sp³-hybridized carbons (Fsp3) is 0.190. The third kappa shape index (κ3) is 3.84. The molecule has 0 saturated carbocycles. The Morgan fingerprint density at radius 3 is 2.86 bits per heavy atom. The average molecular weight is 410 g/mol. The van der Waals surface area contributed by atoms with Gasteiger partial charge < -0.3 is 14.6 Å². The predicted molar refractivity (Wildman–Crippen MR) is 110 cm³/mol. The molecular weight excluding hydrogens is 391 g/mol. The van der Waals surface area contributed by atoms with E-state index in [1.54, 1.807) is 17.6 Å². The fourth-order valence-electron chi connectivity index (χ4n) is 3.22. The van der Waals surface area contributed by atoms with Gasteiger partial charge in [0.2, 0.25) is 5.91 Å². The lowest BCUT2D eigenvalue weighted by molar-refractivity contribution is -0.122. The highest BCUT2D eigenvalue weighted by Crippen LogP contribution is 2.25. The van der Waals surface area contributed by atoms with E-state index in [1.165, 1.54) is 24.5 Å². The minimum Gasteiger partial charge on any atom is -0.494 e. The van der Waals surface area contributed by atoms with Crippen molar-refractivity contribution >= 4 is 28.3 Å². The van der Waals surface area contributed by atoms with Crippen molar-refractivity contribution in [2.75, 3.05) is 7.11 Å². The maximum atomic E-state index is 14.0. The van der Waals surface area contributed by atoms with Crippen molar-refractivity contribution in [2.24, 2.45) is 0 Å². The molecule has 29 heavy (non-hydrogen) atoms. The smallest absolute Gasteiger partial charge is 0.240 e. The van der Waals surface area contributed by atoms with E-state index in [0.29, 0.717) is 11.4 Å². The number of amides is 1. The van der Waals surface area contributed by atoms with Gasteiger partial charge in [0.1, 0.15) is 12.2 Å². The number of para-hydroxylation sites is 2. The molecule has 1 amide bonds. The number of imidazole rings is 1. The summed E-state index contributed by atoms with van der Waals surface area (Å²) in [6, 6.07) is 11.9. The van der Waals surface area contributed by atoms with Gasteiger partial charge in [0.05, 0.1) is 29.7 Å². The Morgan fingerprint density at radius 2 is 2.14 bits per heavy atom. The van der Waals surface area contributed by atoms with Crippen LogP contribution in [0.25, 0.3) is 22.6 Å². The van der Waals surface area contributed by atoms with E-state index in [1.807, 2.05) is 41.1 Å². The number of rotatable bonds is 6. The van der Waals surface area contributed by atoms with E-state index >= 15 is 0 Å². The number of carbonyl (C=O) groups excluding carboxylic acids is 1. The first-order valence-corrected chi connectivity index (χ1v) is 9.97. The second kappa shape index (κ2) is 8.00. The molecule has 6 nitrogen and oxygen atoms in total. The van der Waals surface area contributed by atoms with Gasteiger partial charge in [0, 0.05) is 5.38 Å². The lowest BCUT2D eigenvalue weighted by atomic mass is 10.1. The molecule has 2 heterocycles. The summed E-state index contributed by atoms with van der Waals surface area (Å²) in [6.07, 6.45) is 0. The van der Waals surface area contributed by atoms with Gasteiger partial charge in [-0.1, -0.05) is 18.2 Å². The van der Waals surface area contributed by atoms with Crippen molar-refractivity contribution in [3.05, 3.63) is 64.7 Å². The second-order valence-corrected chi connectivity index (χ2v) is 7.29. The number of nitrogens with one attached hydrogen (secondary N) is 1. The molecule has 1 atom stereocenters. The molecule has 0 fully saturated rings. The summed E-state index contributed by atoms with van der Waals surface area (Å²) < 4.78 is 20.8. The Morgan fingerprint density at radius 1 is 1.31 bits per heavy atom. The van der Waals surface area contributed by atoms with Gasteiger partial charge in [-0.3, -0.25) is 4.79 Å². The summed E-state index contributed by atoms with van der Waals surface area (Å²) in [5.41, 5.74) is 4.78. The standard InChI is InChI=1S/C21H19FN4O2S/c1-13(14-7-8-19(28-2)15(22)9-14)24-20(27)10-26-18-6-4-3-5-16(18)25-21(26)17-11-29-12-23-17/h3-9,11-13H,10H2,1-2H3,(H,24,27). The van der Waals surface area contributed by atoms with E-state index in [4.69, 9.17) is 4.74 Å².